The first-order valence-electron chi connectivity index (χ1n) is 4.77. The number of hydrogen-bond donors (Lipinski definition) is 1. The first-order chi connectivity index (χ1) is 7.84. The summed E-state index contributed by atoms with van der Waals surface area (Å²) in [4.78, 5) is 16.4. The smallest absolute Gasteiger partial charge is 0.248 e. The van der Waals surface area contributed by atoms with E-state index in [-0.39, 0.29) is 5.91 Å². The van der Waals surface area contributed by atoms with Gasteiger partial charge < -0.3 is 5.32 Å². The molecule has 0 saturated carbocycles. The molecule has 0 unspecified atom stereocenters. The molecule has 0 saturated heterocycles. The number of thiophene rings is 1. The van der Waals surface area contributed by atoms with Crippen molar-refractivity contribution in [3.05, 3.63) is 53.0 Å². The maximum Gasteiger partial charge on any atom is 0.248 e. The van der Waals surface area contributed by atoms with Crippen LogP contribution in [-0.2, 0) is 4.79 Å². The molecule has 1 amide bonds. The lowest BCUT2D eigenvalue weighted by Crippen LogP contribution is -2.07. The molecule has 2 aromatic rings. The first kappa shape index (κ1) is 10.6. The van der Waals surface area contributed by atoms with E-state index in [1.54, 1.807) is 41.9 Å². The zero-order valence-electron chi connectivity index (χ0n) is 8.46. The van der Waals surface area contributed by atoms with Gasteiger partial charge in [-0.25, -0.2) is 0 Å². The van der Waals surface area contributed by atoms with E-state index in [2.05, 4.69) is 10.3 Å². The van der Waals surface area contributed by atoms with Gasteiger partial charge in [0.15, 0.2) is 0 Å². The number of aromatic nitrogens is 1. The molecule has 0 aliphatic heterocycles. The third-order valence-electron chi connectivity index (χ3n) is 1.89. The highest BCUT2D eigenvalue weighted by atomic mass is 32.1. The second-order valence-electron chi connectivity index (χ2n) is 3.07. The second kappa shape index (κ2) is 5.23. The number of amides is 1. The predicted octanol–water partition coefficient (Wildman–Crippen LogP) is 2.79. The lowest BCUT2D eigenvalue weighted by molar-refractivity contribution is -0.111. The maximum absolute atomic E-state index is 11.5. The van der Waals surface area contributed by atoms with Crippen LogP contribution >= 0.6 is 11.3 Å². The Morgan fingerprint density at radius 2 is 2.12 bits per heavy atom. The van der Waals surface area contributed by atoms with Crippen LogP contribution in [0.1, 0.15) is 4.88 Å². The minimum atomic E-state index is -0.139. The maximum atomic E-state index is 11.5. The van der Waals surface area contributed by atoms with Crippen molar-refractivity contribution in [2.75, 3.05) is 5.32 Å². The van der Waals surface area contributed by atoms with Gasteiger partial charge >= 0.3 is 0 Å². The topological polar surface area (TPSA) is 42.0 Å². The Labute approximate surface area is 97.5 Å². The van der Waals surface area contributed by atoms with E-state index in [0.29, 0.717) is 0 Å². The molecule has 16 heavy (non-hydrogen) atoms. The zero-order chi connectivity index (χ0) is 11.2. The summed E-state index contributed by atoms with van der Waals surface area (Å²) >= 11 is 1.59. The Kier molecular flexibility index (Phi) is 3.46. The Hall–Kier alpha value is -1.94. The molecule has 2 aromatic heterocycles. The lowest BCUT2D eigenvalue weighted by atomic mass is 10.3. The van der Waals surface area contributed by atoms with Gasteiger partial charge in [-0.3, -0.25) is 9.78 Å². The fourth-order valence-corrected chi connectivity index (χ4v) is 1.78. The SMILES string of the molecule is O=C(/C=C\c1cccs1)Nc1ccncc1. The van der Waals surface area contributed by atoms with Crippen LogP contribution in [0.3, 0.4) is 0 Å². The molecule has 0 fully saturated rings. The van der Waals surface area contributed by atoms with Crippen molar-refractivity contribution in [3.63, 3.8) is 0 Å². The minimum absolute atomic E-state index is 0.139. The van der Waals surface area contributed by atoms with E-state index >= 15 is 0 Å². The highest BCUT2D eigenvalue weighted by molar-refractivity contribution is 7.10. The van der Waals surface area contributed by atoms with Gasteiger partial charge in [0.1, 0.15) is 0 Å². The van der Waals surface area contributed by atoms with E-state index in [9.17, 15) is 4.79 Å². The third kappa shape index (κ3) is 3.03. The predicted molar refractivity (Wildman–Crippen MR) is 66.2 cm³/mol. The molecule has 0 radical (unpaired) electrons. The fraction of sp³-hybridized carbons (Fsp3) is 0. The Bertz CT molecular complexity index is 477. The van der Waals surface area contributed by atoms with Crippen LogP contribution in [0.15, 0.2) is 48.1 Å². The normalized spacial score (nSPS) is 10.5. The van der Waals surface area contributed by atoms with Crippen LogP contribution in [0.5, 0.6) is 0 Å². The van der Waals surface area contributed by atoms with Gasteiger partial charge in [-0.1, -0.05) is 6.07 Å². The van der Waals surface area contributed by atoms with Crippen molar-refractivity contribution in [2.24, 2.45) is 0 Å². The van der Waals surface area contributed by atoms with Crippen molar-refractivity contribution in [2.45, 2.75) is 0 Å². The highest BCUT2D eigenvalue weighted by Gasteiger charge is 1.96. The summed E-state index contributed by atoms with van der Waals surface area (Å²) in [7, 11) is 0. The molecule has 0 aliphatic rings. The van der Waals surface area contributed by atoms with Crippen LogP contribution in [0.25, 0.3) is 6.08 Å². The van der Waals surface area contributed by atoms with Crippen molar-refractivity contribution in [1.29, 1.82) is 0 Å². The molecule has 3 nitrogen and oxygen atoms in total. The summed E-state index contributed by atoms with van der Waals surface area (Å²) in [5.74, 6) is -0.139. The summed E-state index contributed by atoms with van der Waals surface area (Å²) in [5, 5.41) is 4.72. The molecule has 0 bridgehead atoms. The third-order valence-corrected chi connectivity index (χ3v) is 2.73. The second-order valence-corrected chi connectivity index (χ2v) is 4.05. The molecular weight excluding hydrogens is 220 g/mol. The van der Waals surface area contributed by atoms with Gasteiger partial charge in [-0.05, 0) is 29.7 Å². The van der Waals surface area contributed by atoms with Gasteiger partial charge in [0.25, 0.3) is 0 Å². The number of nitrogens with one attached hydrogen (secondary N) is 1. The number of carbonyl (C=O) groups excluding carboxylic acids is 1. The monoisotopic (exact) mass is 230 g/mol. The summed E-state index contributed by atoms with van der Waals surface area (Å²) in [6, 6.07) is 7.40. The summed E-state index contributed by atoms with van der Waals surface area (Å²) in [6.45, 7) is 0. The largest absolute Gasteiger partial charge is 0.322 e. The fourth-order valence-electron chi connectivity index (χ4n) is 1.16. The number of rotatable bonds is 3. The standard InChI is InChI=1S/C12H10N2OS/c15-12(4-3-11-2-1-9-16-11)14-10-5-7-13-8-6-10/h1-9H,(H,13,14,15)/b4-3-. The quantitative estimate of drug-likeness (QED) is 0.824. The van der Waals surface area contributed by atoms with Crippen LogP contribution in [-0.4, -0.2) is 10.9 Å². The van der Waals surface area contributed by atoms with E-state index in [0.717, 1.165) is 10.6 Å². The van der Waals surface area contributed by atoms with E-state index in [4.69, 9.17) is 0 Å². The summed E-state index contributed by atoms with van der Waals surface area (Å²) < 4.78 is 0. The zero-order valence-corrected chi connectivity index (χ0v) is 9.28. The Morgan fingerprint density at radius 1 is 1.31 bits per heavy atom. The van der Waals surface area contributed by atoms with Gasteiger partial charge in [0.05, 0.1) is 0 Å². The number of pyridine rings is 1. The van der Waals surface area contributed by atoms with Gasteiger partial charge in [0.2, 0.25) is 5.91 Å². The molecule has 2 heterocycles. The van der Waals surface area contributed by atoms with Gasteiger partial charge in [0, 0.05) is 29.0 Å². The van der Waals surface area contributed by atoms with Crippen molar-refractivity contribution < 1.29 is 4.79 Å². The first-order valence-corrected chi connectivity index (χ1v) is 5.65. The minimum Gasteiger partial charge on any atom is -0.322 e. The van der Waals surface area contributed by atoms with E-state index < -0.39 is 0 Å². The average molecular weight is 230 g/mol. The van der Waals surface area contributed by atoms with Gasteiger partial charge in [-0.2, -0.15) is 0 Å². The van der Waals surface area contributed by atoms with Crippen molar-refractivity contribution in [3.8, 4) is 0 Å². The van der Waals surface area contributed by atoms with E-state index in [1.807, 2.05) is 17.5 Å². The van der Waals surface area contributed by atoms with E-state index in [1.165, 1.54) is 6.08 Å². The molecular formula is C12H10N2OS. The van der Waals surface area contributed by atoms with Crippen LogP contribution in [0, 0.1) is 0 Å². The molecule has 0 atom stereocenters. The number of carbonyl (C=O) groups is 1. The summed E-state index contributed by atoms with van der Waals surface area (Å²) in [6.07, 6.45) is 6.59. The molecule has 80 valence electrons. The molecule has 1 N–H and O–H groups in total. The number of hydrogen-bond acceptors (Lipinski definition) is 3. The Balaban J connectivity index is 1.95. The molecule has 0 spiro atoms. The molecule has 0 aliphatic carbocycles. The Morgan fingerprint density at radius 3 is 2.81 bits per heavy atom. The van der Waals surface area contributed by atoms with Crippen LogP contribution in [0.2, 0.25) is 0 Å². The molecule has 4 heteroatoms. The number of anilines is 1. The lowest BCUT2D eigenvalue weighted by Gasteiger charge is -1.99. The van der Waals surface area contributed by atoms with Crippen molar-refractivity contribution in [1.82, 2.24) is 4.98 Å². The summed E-state index contributed by atoms with van der Waals surface area (Å²) in [5.41, 5.74) is 0.746. The van der Waals surface area contributed by atoms with Crippen molar-refractivity contribution >= 4 is 29.0 Å². The average Bonchev–Trinajstić information content (AvgIpc) is 2.81. The molecule has 0 aromatic carbocycles. The van der Waals surface area contributed by atoms with Crippen LogP contribution in [0.4, 0.5) is 5.69 Å². The molecule has 2 rings (SSSR count). The van der Waals surface area contributed by atoms with Gasteiger partial charge in [-0.15, -0.1) is 11.3 Å². The highest BCUT2D eigenvalue weighted by Crippen LogP contribution is 2.10. The number of nitrogens with zero attached hydrogens (tertiary/aromatic N) is 1. The van der Waals surface area contributed by atoms with Crippen LogP contribution < -0.4 is 5.32 Å².